The van der Waals surface area contributed by atoms with Crippen LogP contribution in [0.4, 0.5) is 0 Å². The van der Waals surface area contributed by atoms with E-state index in [-0.39, 0.29) is 12.7 Å². The highest BCUT2D eigenvalue weighted by Crippen LogP contribution is 2.30. The van der Waals surface area contributed by atoms with Gasteiger partial charge in [-0.25, -0.2) is 4.98 Å². The van der Waals surface area contributed by atoms with Crippen molar-refractivity contribution >= 4 is 11.3 Å². The zero-order chi connectivity index (χ0) is 11.0. The smallest absolute Gasteiger partial charge is 0.110 e. The summed E-state index contributed by atoms with van der Waals surface area (Å²) < 4.78 is 7.86. The van der Waals surface area contributed by atoms with E-state index in [0.29, 0.717) is 6.61 Å². The Hall–Kier alpha value is -1.17. The van der Waals surface area contributed by atoms with Crippen molar-refractivity contribution in [2.75, 3.05) is 0 Å². The van der Waals surface area contributed by atoms with Crippen LogP contribution in [-0.4, -0.2) is 14.7 Å². The Labute approximate surface area is 97.1 Å². The highest BCUT2D eigenvalue weighted by Gasteiger charge is 2.23. The zero-order valence-corrected chi connectivity index (χ0v) is 9.48. The van der Waals surface area contributed by atoms with Gasteiger partial charge < -0.3 is 14.4 Å². The molecule has 1 aliphatic rings. The third-order valence-electron chi connectivity index (χ3n) is 2.83. The predicted octanol–water partition coefficient (Wildman–Crippen LogP) is 1.71. The van der Waals surface area contributed by atoms with Gasteiger partial charge in [-0.2, -0.15) is 0 Å². The maximum absolute atomic E-state index is 9.10. The normalized spacial score (nSPS) is 19.7. The van der Waals surface area contributed by atoms with Crippen molar-refractivity contribution in [2.45, 2.75) is 25.9 Å². The van der Waals surface area contributed by atoms with E-state index in [1.165, 1.54) is 4.88 Å². The standard InChI is InChI=1S/C11H12N2O2S/c14-5-8-9-6-15-10(4-13(9)7-12-8)11-2-1-3-16-11/h1-3,7,10,14H,4-6H2. The summed E-state index contributed by atoms with van der Waals surface area (Å²) in [5.74, 6) is 0. The fourth-order valence-corrected chi connectivity index (χ4v) is 2.73. The second-order valence-electron chi connectivity index (χ2n) is 3.76. The van der Waals surface area contributed by atoms with Crippen LogP contribution in [0.15, 0.2) is 23.8 Å². The second-order valence-corrected chi connectivity index (χ2v) is 4.74. The van der Waals surface area contributed by atoms with Gasteiger partial charge in [0.2, 0.25) is 0 Å². The molecule has 1 unspecified atom stereocenters. The molecule has 0 radical (unpaired) electrons. The Kier molecular flexibility index (Phi) is 2.51. The van der Waals surface area contributed by atoms with Gasteiger partial charge in [0.05, 0.1) is 37.5 Å². The van der Waals surface area contributed by atoms with E-state index in [4.69, 9.17) is 9.84 Å². The molecule has 16 heavy (non-hydrogen) atoms. The Morgan fingerprint density at radius 3 is 3.31 bits per heavy atom. The van der Waals surface area contributed by atoms with Crippen molar-refractivity contribution in [1.29, 1.82) is 0 Å². The van der Waals surface area contributed by atoms with E-state index in [1.54, 1.807) is 17.7 Å². The molecule has 0 bridgehead atoms. The largest absolute Gasteiger partial charge is 0.390 e. The summed E-state index contributed by atoms with van der Waals surface area (Å²) in [6.45, 7) is 1.29. The van der Waals surface area contributed by atoms with Crippen LogP contribution in [0.2, 0.25) is 0 Å². The van der Waals surface area contributed by atoms with Crippen LogP contribution in [0.5, 0.6) is 0 Å². The molecule has 0 amide bonds. The van der Waals surface area contributed by atoms with Gasteiger partial charge in [-0.3, -0.25) is 0 Å². The molecule has 0 aromatic carbocycles. The molecule has 1 aliphatic heterocycles. The van der Waals surface area contributed by atoms with Crippen LogP contribution >= 0.6 is 11.3 Å². The number of aromatic nitrogens is 2. The third kappa shape index (κ3) is 1.57. The first-order valence-electron chi connectivity index (χ1n) is 5.17. The van der Waals surface area contributed by atoms with Crippen molar-refractivity contribution in [3.63, 3.8) is 0 Å². The number of ether oxygens (including phenoxy) is 1. The molecule has 2 aromatic heterocycles. The summed E-state index contributed by atoms with van der Waals surface area (Å²) in [6.07, 6.45) is 1.90. The summed E-state index contributed by atoms with van der Waals surface area (Å²) in [5, 5.41) is 11.2. The number of fused-ring (bicyclic) bond motifs is 1. The lowest BCUT2D eigenvalue weighted by molar-refractivity contribution is 0.00417. The molecule has 1 N–H and O–H groups in total. The quantitative estimate of drug-likeness (QED) is 0.863. The predicted molar refractivity (Wildman–Crippen MR) is 60.0 cm³/mol. The Balaban J connectivity index is 1.87. The van der Waals surface area contributed by atoms with Crippen LogP contribution in [0.25, 0.3) is 0 Å². The maximum Gasteiger partial charge on any atom is 0.110 e. The summed E-state index contributed by atoms with van der Waals surface area (Å²) in [7, 11) is 0. The molecule has 3 heterocycles. The molecule has 84 valence electrons. The van der Waals surface area contributed by atoms with Crippen molar-refractivity contribution in [1.82, 2.24) is 9.55 Å². The second kappa shape index (κ2) is 4.01. The minimum absolute atomic E-state index is 0.0185. The van der Waals surface area contributed by atoms with Gasteiger partial charge >= 0.3 is 0 Å². The number of thiophene rings is 1. The van der Waals surface area contributed by atoms with Gasteiger partial charge in [0, 0.05) is 4.88 Å². The van der Waals surface area contributed by atoms with Crippen molar-refractivity contribution in [3.8, 4) is 0 Å². The van der Waals surface area contributed by atoms with Gasteiger partial charge in [-0.05, 0) is 11.4 Å². The lowest BCUT2D eigenvalue weighted by Gasteiger charge is -2.24. The van der Waals surface area contributed by atoms with Gasteiger partial charge in [0.1, 0.15) is 6.10 Å². The topological polar surface area (TPSA) is 47.3 Å². The third-order valence-corrected chi connectivity index (χ3v) is 3.79. The first-order valence-corrected chi connectivity index (χ1v) is 6.05. The first kappa shape index (κ1) is 10.0. The van der Waals surface area contributed by atoms with Gasteiger partial charge in [-0.15, -0.1) is 11.3 Å². The summed E-state index contributed by atoms with van der Waals surface area (Å²) in [5.41, 5.74) is 1.72. The van der Waals surface area contributed by atoms with E-state index in [1.807, 2.05) is 6.07 Å². The molecule has 0 aliphatic carbocycles. The fourth-order valence-electron chi connectivity index (χ4n) is 1.96. The van der Waals surface area contributed by atoms with Crippen molar-refractivity contribution in [2.24, 2.45) is 0 Å². The van der Waals surface area contributed by atoms with Gasteiger partial charge in [0.25, 0.3) is 0 Å². The minimum atomic E-state index is -0.0185. The number of aliphatic hydroxyl groups is 1. The monoisotopic (exact) mass is 236 g/mol. The first-order chi connectivity index (χ1) is 7.88. The van der Waals surface area contributed by atoms with Crippen LogP contribution in [-0.2, 0) is 24.5 Å². The Morgan fingerprint density at radius 1 is 1.62 bits per heavy atom. The molecule has 0 spiro atoms. The van der Waals surface area contributed by atoms with E-state index in [9.17, 15) is 0 Å². The molecule has 0 saturated heterocycles. The van der Waals surface area contributed by atoms with E-state index in [2.05, 4.69) is 21.0 Å². The number of nitrogens with zero attached hydrogens (tertiary/aromatic N) is 2. The number of rotatable bonds is 2. The van der Waals surface area contributed by atoms with E-state index < -0.39 is 0 Å². The minimum Gasteiger partial charge on any atom is -0.390 e. The molecule has 3 rings (SSSR count). The summed E-state index contributed by atoms with van der Waals surface area (Å²) >= 11 is 1.71. The lowest BCUT2D eigenvalue weighted by Crippen LogP contribution is -2.20. The SMILES string of the molecule is OCc1ncn2c1COC(c1cccs1)C2. The Bertz CT molecular complexity index is 478. The average molecular weight is 236 g/mol. The molecule has 1 atom stereocenters. The van der Waals surface area contributed by atoms with Crippen molar-refractivity contribution in [3.05, 3.63) is 40.1 Å². The summed E-state index contributed by atoms with van der Waals surface area (Å²) in [4.78, 5) is 5.41. The number of imidazole rings is 1. The molecule has 2 aromatic rings. The van der Waals surface area contributed by atoms with E-state index >= 15 is 0 Å². The van der Waals surface area contributed by atoms with Crippen LogP contribution in [0, 0.1) is 0 Å². The zero-order valence-electron chi connectivity index (χ0n) is 8.67. The molecule has 0 saturated carbocycles. The highest BCUT2D eigenvalue weighted by atomic mass is 32.1. The highest BCUT2D eigenvalue weighted by molar-refractivity contribution is 7.10. The molecule has 4 nitrogen and oxygen atoms in total. The fraction of sp³-hybridized carbons (Fsp3) is 0.364. The lowest BCUT2D eigenvalue weighted by atomic mass is 10.2. The van der Waals surface area contributed by atoms with Crippen LogP contribution in [0.3, 0.4) is 0 Å². The summed E-state index contributed by atoms with van der Waals surface area (Å²) in [6, 6.07) is 4.12. The molecular formula is C11H12N2O2S. The van der Waals surface area contributed by atoms with Crippen LogP contribution < -0.4 is 0 Å². The molecule has 0 fully saturated rings. The number of aliphatic hydroxyl groups excluding tert-OH is 1. The van der Waals surface area contributed by atoms with Crippen molar-refractivity contribution < 1.29 is 9.84 Å². The maximum atomic E-state index is 9.10. The van der Waals surface area contributed by atoms with Crippen LogP contribution in [0.1, 0.15) is 22.4 Å². The molecular weight excluding hydrogens is 224 g/mol. The number of hydrogen-bond donors (Lipinski definition) is 1. The molecule has 5 heteroatoms. The van der Waals surface area contributed by atoms with Gasteiger partial charge in [-0.1, -0.05) is 6.07 Å². The Morgan fingerprint density at radius 2 is 2.56 bits per heavy atom. The number of hydrogen-bond acceptors (Lipinski definition) is 4. The van der Waals surface area contributed by atoms with Gasteiger partial charge in [0.15, 0.2) is 0 Å². The average Bonchev–Trinajstić information content (AvgIpc) is 2.97. The van der Waals surface area contributed by atoms with E-state index in [0.717, 1.165) is 17.9 Å².